The molecule has 0 aliphatic heterocycles. The molecule has 0 fully saturated rings. The van der Waals surface area contributed by atoms with Crippen LogP contribution in [0.5, 0.6) is 11.6 Å². The Kier molecular flexibility index (Phi) is 6.84. The number of aryl methyl sites for hydroxylation is 1. The first-order chi connectivity index (χ1) is 17.2. The van der Waals surface area contributed by atoms with Gasteiger partial charge in [0.05, 0.1) is 27.8 Å². The highest BCUT2D eigenvalue weighted by Gasteiger charge is 2.33. The van der Waals surface area contributed by atoms with Crippen LogP contribution >= 0.6 is 0 Å². The second-order valence-electron chi connectivity index (χ2n) is 7.54. The van der Waals surface area contributed by atoms with Crippen LogP contribution in [0.15, 0.2) is 88.7 Å². The van der Waals surface area contributed by atoms with Gasteiger partial charge in [-0.1, -0.05) is 30.3 Å². The molecule has 1 heterocycles. The number of carbonyl (C=O) groups is 1. The zero-order chi connectivity index (χ0) is 25.9. The van der Waals surface area contributed by atoms with E-state index in [0.29, 0.717) is 12.3 Å². The van der Waals surface area contributed by atoms with E-state index in [-0.39, 0.29) is 38.4 Å². The summed E-state index contributed by atoms with van der Waals surface area (Å²) in [6.07, 6.45) is 0. The lowest BCUT2D eigenvalue weighted by molar-refractivity contribution is -0.384. The smallest absolute Gasteiger partial charge is 0.348 e. The number of esters is 1. The van der Waals surface area contributed by atoms with Gasteiger partial charge < -0.3 is 9.47 Å². The second-order valence-corrected chi connectivity index (χ2v) is 9.43. The Morgan fingerprint density at radius 2 is 1.64 bits per heavy atom. The average Bonchev–Trinajstić information content (AvgIpc) is 3.21. The van der Waals surface area contributed by atoms with Crippen molar-refractivity contribution in [3.05, 3.63) is 100 Å². The number of hydrogen-bond donors (Lipinski definition) is 0. The minimum Gasteiger partial charge on any atom is -0.493 e. The lowest BCUT2D eigenvalue weighted by Crippen LogP contribution is -2.15. The summed E-state index contributed by atoms with van der Waals surface area (Å²) >= 11 is 0. The summed E-state index contributed by atoms with van der Waals surface area (Å²) in [7, 11) is -4.29. The SMILES string of the molecule is CCOc1ccccc1C(=O)Oc1c(S(=O)(=O)c2ccc([N+](=O)[O-])cc2)c(C)nn1-c1ccccc1. The van der Waals surface area contributed by atoms with E-state index in [9.17, 15) is 23.3 Å². The molecule has 0 spiro atoms. The van der Waals surface area contributed by atoms with E-state index in [1.165, 1.54) is 17.7 Å². The third-order valence-electron chi connectivity index (χ3n) is 5.19. The molecule has 4 rings (SSSR count). The van der Waals surface area contributed by atoms with Gasteiger partial charge >= 0.3 is 5.97 Å². The second kappa shape index (κ2) is 10.0. The Bertz CT molecular complexity index is 1530. The molecule has 0 bridgehead atoms. The Morgan fingerprint density at radius 1 is 1.00 bits per heavy atom. The van der Waals surface area contributed by atoms with Crippen LogP contribution in [0.2, 0.25) is 0 Å². The molecule has 11 heteroatoms. The van der Waals surface area contributed by atoms with Gasteiger partial charge in [0.25, 0.3) is 5.69 Å². The van der Waals surface area contributed by atoms with Crippen molar-refractivity contribution in [2.45, 2.75) is 23.6 Å². The fraction of sp³-hybridized carbons (Fsp3) is 0.120. The standard InChI is InChI=1S/C25H21N3O7S/c1-3-34-22-12-8-7-11-21(22)25(29)35-24-23(17(2)26-27(24)18-9-5-4-6-10-18)36(32,33)20-15-13-19(14-16-20)28(30)31/h4-16H,3H2,1-2H3. The molecule has 1 aromatic heterocycles. The summed E-state index contributed by atoms with van der Waals surface area (Å²) in [5.74, 6) is -0.864. The molecule has 0 unspecified atom stereocenters. The van der Waals surface area contributed by atoms with Crippen LogP contribution in [0.25, 0.3) is 5.69 Å². The topological polar surface area (TPSA) is 131 Å². The predicted molar refractivity (Wildman–Crippen MR) is 129 cm³/mol. The van der Waals surface area contributed by atoms with Gasteiger partial charge in [0.2, 0.25) is 15.7 Å². The molecule has 0 amide bonds. The van der Waals surface area contributed by atoms with Gasteiger partial charge in [0.15, 0.2) is 4.90 Å². The number of sulfone groups is 1. The molecular weight excluding hydrogens is 486 g/mol. The minimum absolute atomic E-state index is 0.0816. The van der Waals surface area contributed by atoms with E-state index < -0.39 is 20.7 Å². The van der Waals surface area contributed by atoms with Gasteiger partial charge in [-0.2, -0.15) is 9.78 Å². The number of carbonyl (C=O) groups excluding carboxylic acids is 1. The fourth-order valence-electron chi connectivity index (χ4n) is 3.56. The molecule has 3 aromatic carbocycles. The van der Waals surface area contributed by atoms with E-state index in [1.54, 1.807) is 55.5 Å². The van der Waals surface area contributed by atoms with Crippen molar-refractivity contribution in [2.75, 3.05) is 6.61 Å². The van der Waals surface area contributed by atoms with Gasteiger partial charge in [-0.25, -0.2) is 13.2 Å². The van der Waals surface area contributed by atoms with Crippen molar-refractivity contribution in [1.82, 2.24) is 9.78 Å². The van der Waals surface area contributed by atoms with Crippen LogP contribution < -0.4 is 9.47 Å². The Morgan fingerprint density at radius 3 is 2.28 bits per heavy atom. The van der Waals surface area contributed by atoms with Crippen LogP contribution in [0.1, 0.15) is 23.0 Å². The number of hydrogen-bond acceptors (Lipinski definition) is 8. The molecular formula is C25H21N3O7S. The first-order valence-electron chi connectivity index (χ1n) is 10.8. The van der Waals surface area contributed by atoms with Crippen LogP contribution in [0.4, 0.5) is 5.69 Å². The van der Waals surface area contributed by atoms with Gasteiger partial charge in [-0.05, 0) is 50.2 Å². The summed E-state index contributed by atoms with van der Waals surface area (Å²) in [5, 5.41) is 15.4. The maximum Gasteiger partial charge on any atom is 0.348 e. The fourth-order valence-corrected chi connectivity index (χ4v) is 5.08. The molecule has 0 aliphatic carbocycles. The predicted octanol–water partition coefficient (Wildman–Crippen LogP) is 4.54. The van der Waals surface area contributed by atoms with Gasteiger partial charge in [0, 0.05) is 12.1 Å². The summed E-state index contributed by atoms with van der Waals surface area (Å²) in [4.78, 5) is 23.1. The molecule has 4 aromatic rings. The van der Waals surface area contributed by atoms with Crippen molar-refractivity contribution in [3.63, 3.8) is 0 Å². The number of aromatic nitrogens is 2. The third kappa shape index (κ3) is 4.68. The minimum atomic E-state index is -4.29. The zero-order valence-electron chi connectivity index (χ0n) is 19.3. The van der Waals surface area contributed by atoms with E-state index in [1.807, 2.05) is 0 Å². The molecule has 0 radical (unpaired) electrons. The summed E-state index contributed by atoms with van der Waals surface area (Å²) in [6, 6.07) is 19.5. The number of para-hydroxylation sites is 2. The number of nitrogens with zero attached hydrogens (tertiary/aromatic N) is 3. The Hall–Kier alpha value is -4.51. The lowest BCUT2D eigenvalue weighted by atomic mass is 10.2. The highest BCUT2D eigenvalue weighted by molar-refractivity contribution is 7.91. The van der Waals surface area contributed by atoms with E-state index in [4.69, 9.17) is 9.47 Å². The van der Waals surface area contributed by atoms with Crippen molar-refractivity contribution in [3.8, 4) is 17.3 Å². The molecule has 0 saturated carbocycles. The average molecular weight is 508 g/mol. The van der Waals surface area contributed by atoms with Crippen LogP contribution in [0.3, 0.4) is 0 Å². The van der Waals surface area contributed by atoms with E-state index in [2.05, 4.69) is 5.10 Å². The number of nitro benzene ring substituents is 1. The monoisotopic (exact) mass is 507 g/mol. The largest absolute Gasteiger partial charge is 0.493 e. The van der Waals surface area contributed by atoms with Crippen LogP contribution in [-0.4, -0.2) is 35.7 Å². The number of nitro groups is 1. The van der Waals surface area contributed by atoms with Crippen molar-refractivity contribution >= 4 is 21.5 Å². The molecule has 184 valence electrons. The maximum atomic E-state index is 13.6. The summed E-state index contributed by atoms with van der Waals surface area (Å²) in [6.45, 7) is 3.55. The normalized spacial score (nSPS) is 11.2. The number of non-ortho nitro benzene ring substituents is 1. The molecule has 0 aliphatic rings. The molecule has 0 saturated heterocycles. The van der Waals surface area contributed by atoms with Crippen molar-refractivity contribution in [1.29, 1.82) is 0 Å². The Balaban J connectivity index is 1.87. The summed E-state index contributed by atoms with van der Waals surface area (Å²) < 4.78 is 39.7. The number of benzene rings is 3. The lowest BCUT2D eigenvalue weighted by Gasteiger charge is -2.13. The molecule has 0 N–H and O–H groups in total. The molecule has 0 atom stereocenters. The maximum absolute atomic E-state index is 13.6. The van der Waals surface area contributed by atoms with Crippen LogP contribution in [0, 0.1) is 17.0 Å². The highest BCUT2D eigenvalue weighted by Crippen LogP contribution is 2.36. The molecule has 10 nitrogen and oxygen atoms in total. The van der Waals surface area contributed by atoms with Crippen molar-refractivity contribution < 1.29 is 27.6 Å². The van der Waals surface area contributed by atoms with Gasteiger partial charge in [0.1, 0.15) is 11.3 Å². The highest BCUT2D eigenvalue weighted by atomic mass is 32.2. The van der Waals surface area contributed by atoms with Crippen LogP contribution in [-0.2, 0) is 9.84 Å². The summed E-state index contributed by atoms with van der Waals surface area (Å²) in [5.41, 5.74) is 0.395. The first-order valence-corrected chi connectivity index (χ1v) is 12.3. The zero-order valence-corrected chi connectivity index (χ0v) is 20.1. The van der Waals surface area contributed by atoms with E-state index >= 15 is 0 Å². The third-order valence-corrected chi connectivity index (χ3v) is 7.09. The van der Waals surface area contributed by atoms with Gasteiger partial charge in [-0.15, -0.1) is 0 Å². The van der Waals surface area contributed by atoms with Crippen molar-refractivity contribution in [2.24, 2.45) is 0 Å². The van der Waals surface area contributed by atoms with Gasteiger partial charge in [-0.3, -0.25) is 10.1 Å². The quantitative estimate of drug-likeness (QED) is 0.193. The Labute approximate surface area is 206 Å². The first kappa shape index (κ1) is 24.6. The number of rotatable bonds is 8. The number of ether oxygens (including phenoxy) is 2. The van der Waals surface area contributed by atoms with E-state index in [0.717, 1.165) is 24.3 Å². The molecule has 36 heavy (non-hydrogen) atoms.